The average Bonchev–Trinajstić information content (AvgIpc) is 3.55. The van der Waals surface area contributed by atoms with Gasteiger partial charge >= 0.3 is 0 Å². The van der Waals surface area contributed by atoms with Crippen LogP contribution in [0.4, 0.5) is 0 Å². The highest BCUT2D eigenvalue weighted by molar-refractivity contribution is 7.99. The highest BCUT2D eigenvalue weighted by atomic mass is 32.2. The normalized spacial score (nSPS) is 16.3. The van der Waals surface area contributed by atoms with Crippen molar-refractivity contribution in [1.82, 2.24) is 34.7 Å². The van der Waals surface area contributed by atoms with Gasteiger partial charge in [-0.25, -0.2) is 0 Å². The van der Waals surface area contributed by atoms with Gasteiger partial charge in [0.1, 0.15) is 0 Å². The van der Waals surface area contributed by atoms with Crippen LogP contribution in [0.3, 0.4) is 0 Å². The standard InChI is InChI=1S/C24H23N7S/c1-30-14-20(13-27-30)18-2-5-23-28-29-24(31(23)15-18)32-21-3-4-22-19(10-21)9-17(12-26-22)8-16-6-7-25-11-16/h2-5,9-10,12-16,25H,6-8,11H2,1H3/t16-/m1/s1. The van der Waals surface area contributed by atoms with Gasteiger partial charge < -0.3 is 5.32 Å². The molecule has 1 fully saturated rings. The van der Waals surface area contributed by atoms with E-state index in [0.717, 1.165) is 51.9 Å². The third-order valence-corrected chi connectivity index (χ3v) is 6.97. The molecule has 1 aliphatic heterocycles. The zero-order chi connectivity index (χ0) is 21.5. The van der Waals surface area contributed by atoms with Crippen LogP contribution in [-0.4, -0.2) is 42.5 Å². The number of nitrogens with zero attached hydrogens (tertiary/aromatic N) is 6. The first-order valence-corrected chi connectivity index (χ1v) is 11.6. The summed E-state index contributed by atoms with van der Waals surface area (Å²) in [5, 5.41) is 18.5. The van der Waals surface area contributed by atoms with Crippen molar-refractivity contribution < 1.29 is 0 Å². The Labute approximate surface area is 189 Å². The highest BCUT2D eigenvalue weighted by Crippen LogP contribution is 2.30. The lowest BCUT2D eigenvalue weighted by Gasteiger charge is -2.09. The van der Waals surface area contributed by atoms with Crippen molar-refractivity contribution in [3.63, 3.8) is 0 Å². The molecule has 0 radical (unpaired) electrons. The quantitative estimate of drug-likeness (QED) is 0.445. The molecule has 1 aliphatic rings. The second kappa shape index (κ2) is 8.03. The second-order valence-electron chi connectivity index (χ2n) is 8.39. The summed E-state index contributed by atoms with van der Waals surface area (Å²) in [4.78, 5) is 5.81. The Hall–Kier alpha value is -3.23. The molecule has 0 saturated carbocycles. The lowest BCUT2D eigenvalue weighted by Crippen LogP contribution is -2.10. The maximum absolute atomic E-state index is 4.69. The summed E-state index contributed by atoms with van der Waals surface area (Å²) in [6.45, 7) is 2.23. The van der Waals surface area contributed by atoms with Crippen LogP contribution in [0.1, 0.15) is 12.0 Å². The summed E-state index contributed by atoms with van der Waals surface area (Å²) >= 11 is 1.62. The molecule has 32 heavy (non-hydrogen) atoms. The molecule has 1 atom stereocenters. The van der Waals surface area contributed by atoms with E-state index >= 15 is 0 Å². The van der Waals surface area contributed by atoms with Crippen molar-refractivity contribution in [1.29, 1.82) is 0 Å². The van der Waals surface area contributed by atoms with E-state index in [9.17, 15) is 0 Å². The molecular weight excluding hydrogens is 418 g/mol. The number of aromatic nitrogens is 6. The van der Waals surface area contributed by atoms with Gasteiger partial charge in [0.15, 0.2) is 10.8 Å². The molecule has 5 aromatic rings. The van der Waals surface area contributed by atoms with Crippen molar-refractivity contribution in [2.24, 2.45) is 13.0 Å². The molecule has 5 heterocycles. The van der Waals surface area contributed by atoms with E-state index in [1.165, 1.54) is 17.4 Å². The number of rotatable bonds is 5. The maximum atomic E-state index is 4.69. The van der Waals surface area contributed by atoms with Crippen LogP contribution in [-0.2, 0) is 13.5 Å². The number of hydrogen-bond donors (Lipinski definition) is 1. The number of aryl methyl sites for hydroxylation is 1. The van der Waals surface area contributed by atoms with Crippen LogP contribution in [0, 0.1) is 5.92 Å². The molecule has 0 unspecified atom stereocenters. The summed E-state index contributed by atoms with van der Waals surface area (Å²) in [6.07, 6.45) is 10.3. The molecule has 6 rings (SSSR count). The minimum absolute atomic E-state index is 0.711. The van der Waals surface area contributed by atoms with Gasteiger partial charge in [-0.15, -0.1) is 10.2 Å². The largest absolute Gasteiger partial charge is 0.316 e. The Kier molecular flexibility index (Phi) is 4.88. The lowest BCUT2D eigenvalue weighted by molar-refractivity contribution is 0.579. The fourth-order valence-electron chi connectivity index (χ4n) is 4.34. The number of nitrogens with one attached hydrogen (secondary N) is 1. The van der Waals surface area contributed by atoms with E-state index in [1.807, 2.05) is 40.8 Å². The molecule has 4 aromatic heterocycles. The maximum Gasteiger partial charge on any atom is 0.200 e. The summed E-state index contributed by atoms with van der Waals surface area (Å²) < 4.78 is 3.85. The molecule has 0 aliphatic carbocycles. The minimum atomic E-state index is 0.711. The molecule has 0 amide bonds. The molecule has 8 heteroatoms. The third-order valence-electron chi connectivity index (χ3n) is 6.01. The summed E-state index contributed by atoms with van der Waals surface area (Å²) in [5.74, 6) is 0.711. The van der Waals surface area contributed by atoms with Crippen molar-refractivity contribution in [2.75, 3.05) is 13.1 Å². The Morgan fingerprint density at radius 2 is 2.03 bits per heavy atom. The highest BCUT2D eigenvalue weighted by Gasteiger charge is 2.15. The Morgan fingerprint density at radius 3 is 2.88 bits per heavy atom. The fraction of sp³-hybridized carbons (Fsp3) is 0.250. The van der Waals surface area contributed by atoms with Gasteiger partial charge in [0.25, 0.3) is 0 Å². The summed E-state index contributed by atoms with van der Waals surface area (Å²) in [5.41, 5.74) is 5.31. The van der Waals surface area contributed by atoms with Crippen molar-refractivity contribution in [2.45, 2.75) is 22.9 Å². The molecule has 1 N–H and O–H groups in total. The smallest absolute Gasteiger partial charge is 0.200 e. The Bertz CT molecular complexity index is 1410. The van der Waals surface area contributed by atoms with Crippen LogP contribution in [0.25, 0.3) is 27.7 Å². The van der Waals surface area contributed by atoms with Gasteiger partial charge in [-0.2, -0.15) is 5.10 Å². The van der Waals surface area contributed by atoms with Crippen LogP contribution in [0.2, 0.25) is 0 Å². The van der Waals surface area contributed by atoms with Crippen LogP contribution in [0.15, 0.2) is 71.2 Å². The van der Waals surface area contributed by atoms with Gasteiger partial charge in [-0.1, -0.05) is 0 Å². The SMILES string of the molecule is Cn1cc(-c2ccc3nnc(Sc4ccc5ncc(C[C@H]6CCNC6)cc5c4)n3c2)cn1. The van der Waals surface area contributed by atoms with E-state index in [2.05, 4.69) is 62.1 Å². The van der Waals surface area contributed by atoms with Crippen LogP contribution >= 0.6 is 11.8 Å². The molecule has 160 valence electrons. The number of hydrogen-bond acceptors (Lipinski definition) is 6. The zero-order valence-corrected chi connectivity index (χ0v) is 18.6. The molecular formula is C24H23N7S. The van der Waals surface area contributed by atoms with Gasteiger partial charge in [-0.3, -0.25) is 14.1 Å². The zero-order valence-electron chi connectivity index (χ0n) is 17.8. The predicted molar refractivity (Wildman–Crippen MR) is 126 cm³/mol. The van der Waals surface area contributed by atoms with E-state index in [-0.39, 0.29) is 0 Å². The van der Waals surface area contributed by atoms with Gasteiger partial charge in [0.05, 0.1) is 11.7 Å². The van der Waals surface area contributed by atoms with Crippen LogP contribution < -0.4 is 5.32 Å². The van der Waals surface area contributed by atoms with E-state index < -0.39 is 0 Å². The van der Waals surface area contributed by atoms with Crippen molar-refractivity contribution in [3.05, 3.63) is 66.7 Å². The first-order chi connectivity index (χ1) is 15.7. The second-order valence-corrected chi connectivity index (χ2v) is 9.43. The molecule has 1 saturated heterocycles. The third kappa shape index (κ3) is 3.76. The first-order valence-electron chi connectivity index (χ1n) is 10.8. The first kappa shape index (κ1) is 19.5. The van der Waals surface area contributed by atoms with E-state index in [1.54, 1.807) is 11.8 Å². The number of fused-ring (bicyclic) bond motifs is 2. The Balaban J connectivity index is 1.30. The van der Waals surface area contributed by atoms with Gasteiger partial charge in [0, 0.05) is 47.0 Å². The molecule has 0 spiro atoms. The van der Waals surface area contributed by atoms with Gasteiger partial charge in [0.2, 0.25) is 0 Å². The molecule has 1 aromatic carbocycles. The fourth-order valence-corrected chi connectivity index (χ4v) is 5.20. The summed E-state index contributed by atoms with van der Waals surface area (Å²) in [7, 11) is 1.92. The summed E-state index contributed by atoms with van der Waals surface area (Å²) in [6, 6.07) is 12.7. The van der Waals surface area contributed by atoms with E-state index in [4.69, 9.17) is 0 Å². The van der Waals surface area contributed by atoms with E-state index in [0.29, 0.717) is 5.92 Å². The predicted octanol–water partition coefficient (Wildman–Crippen LogP) is 3.98. The monoisotopic (exact) mass is 441 g/mol. The molecule has 0 bridgehead atoms. The van der Waals surface area contributed by atoms with Crippen LogP contribution in [0.5, 0.6) is 0 Å². The number of benzene rings is 1. The Morgan fingerprint density at radius 1 is 1.06 bits per heavy atom. The minimum Gasteiger partial charge on any atom is -0.316 e. The average molecular weight is 442 g/mol. The lowest BCUT2D eigenvalue weighted by atomic mass is 9.99. The van der Waals surface area contributed by atoms with Crippen molar-refractivity contribution >= 4 is 28.3 Å². The number of pyridine rings is 2. The van der Waals surface area contributed by atoms with Crippen molar-refractivity contribution in [3.8, 4) is 11.1 Å². The molecule has 7 nitrogen and oxygen atoms in total. The topological polar surface area (TPSA) is 72.9 Å². The van der Waals surface area contributed by atoms with Gasteiger partial charge in [-0.05, 0) is 85.6 Å².